The van der Waals surface area contributed by atoms with E-state index in [2.05, 4.69) is 5.32 Å². The van der Waals surface area contributed by atoms with Crippen molar-refractivity contribution in [2.24, 2.45) is 0 Å². The molecule has 2 aromatic carbocycles. The van der Waals surface area contributed by atoms with Gasteiger partial charge in [-0.25, -0.2) is 0 Å². The standard InChI is InChI=1S/C19H22N2O2.ClH/c1-20-15-8-7-13-21(14-15)19(22)17-11-5-6-12-18(17)23-16-9-3-2-4-10-16;/h2-6,9-12,15,20H,7-8,13-14H2,1H3;1H. The minimum atomic E-state index is 0. The molecule has 5 heteroatoms. The zero-order valence-corrected chi connectivity index (χ0v) is 14.6. The number of benzene rings is 2. The van der Waals surface area contributed by atoms with Crippen molar-refractivity contribution in [3.63, 3.8) is 0 Å². The van der Waals surface area contributed by atoms with Crippen LogP contribution in [0.25, 0.3) is 0 Å². The van der Waals surface area contributed by atoms with Crippen molar-refractivity contribution >= 4 is 18.3 Å². The average Bonchev–Trinajstić information content (AvgIpc) is 2.62. The number of para-hydroxylation sites is 2. The summed E-state index contributed by atoms with van der Waals surface area (Å²) in [4.78, 5) is 14.8. The van der Waals surface area contributed by atoms with Crippen LogP contribution in [0.15, 0.2) is 54.6 Å². The number of likely N-dealkylation sites (N-methyl/N-ethyl adjacent to an activating group) is 1. The molecule has 128 valence electrons. The molecule has 1 amide bonds. The fourth-order valence-corrected chi connectivity index (χ4v) is 2.92. The van der Waals surface area contributed by atoms with E-state index in [4.69, 9.17) is 4.74 Å². The zero-order chi connectivity index (χ0) is 16.1. The van der Waals surface area contributed by atoms with Crippen molar-refractivity contribution in [1.82, 2.24) is 10.2 Å². The van der Waals surface area contributed by atoms with Crippen LogP contribution in [-0.2, 0) is 0 Å². The number of amides is 1. The highest BCUT2D eigenvalue weighted by molar-refractivity contribution is 5.97. The van der Waals surface area contributed by atoms with Crippen molar-refractivity contribution in [3.05, 3.63) is 60.2 Å². The molecule has 1 aliphatic rings. The summed E-state index contributed by atoms with van der Waals surface area (Å²) in [6.07, 6.45) is 2.14. The maximum atomic E-state index is 12.9. The highest BCUT2D eigenvalue weighted by Crippen LogP contribution is 2.27. The highest BCUT2D eigenvalue weighted by atomic mass is 35.5. The van der Waals surface area contributed by atoms with Gasteiger partial charge in [0.2, 0.25) is 0 Å². The molecule has 3 rings (SSSR count). The topological polar surface area (TPSA) is 41.6 Å². The van der Waals surface area contributed by atoms with Crippen molar-refractivity contribution < 1.29 is 9.53 Å². The van der Waals surface area contributed by atoms with Gasteiger partial charge in [0.1, 0.15) is 11.5 Å². The quantitative estimate of drug-likeness (QED) is 0.917. The first kappa shape index (κ1) is 18.3. The average molecular weight is 347 g/mol. The minimum Gasteiger partial charge on any atom is -0.457 e. The number of nitrogens with one attached hydrogen (secondary N) is 1. The molecular formula is C19H23ClN2O2. The highest BCUT2D eigenvalue weighted by Gasteiger charge is 2.25. The number of likely N-dealkylation sites (tertiary alicyclic amines) is 1. The number of carbonyl (C=O) groups excluding carboxylic acids is 1. The van der Waals surface area contributed by atoms with Gasteiger partial charge in [0, 0.05) is 19.1 Å². The van der Waals surface area contributed by atoms with Crippen molar-refractivity contribution in [2.75, 3.05) is 20.1 Å². The Labute approximate surface area is 149 Å². The Balaban J connectivity index is 0.00000208. The Morgan fingerprint density at radius 3 is 2.58 bits per heavy atom. The molecule has 1 unspecified atom stereocenters. The monoisotopic (exact) mass is 346 g/mol. The van der Waals surface area contributed by atoms with E-state index in [9.17, 15) is 4.79 Å². The molecular weight excluding hydrogens is 324 g/mol. The van der Waals surface area contributed by atoms with Crippen LogP contribution in [0.1, 0.15) is 23.2 Å². The summed E-state index contributed by atoms with van der Waals surface area (Å²) in [6.45, 7) is 1.55. The smallest absolute Gasteiger partial charge is 0.257 e. The lowest BCUT2D eigenvalue weighted by Crippen LogP contribution is -2.47. The summed E-state index contributed by atoms with van der Waals surface area (Å²) in [5.41, 5.74) is 0.619. The van der Waals surface area contributed by atoms with E-state index in [0.29, 0.717) is 17.4 Å². The van der Waals surface area contributed by atoms with Crippen LogP contribution in [0.3, 0.4) is 0 Å². The Hall–Kier alpha value is -2.04. The number of hydrogen-bond donors (Lipinski definition) is 1. The van der Waals surface area contributed by atoms with Gasteiger partial charge in [-0.15, -0.1) is 12.4 Å². The number of ether oxygens (including phenoxy) is 1. The first-order valence-electron chi connectivity index (χ1n) is 8.06. The molecule has 4 nitrogen and oxygen atoms in total. The molecule has 1 N–H and O–H groups in total. The van der Waals surface area contributed by atoms with E-state index in [1.807, 2.05) is 66.5 Å². The number of piperidine rings is 1. The molecule has 0 aromatic heterocycles. The van der Waals surface area contributed by atoms with Crippen LogP contribution in [0, 0.1) is 0 Å². The molecule has 1 atom stereocenters. The van der Waals surface area contributed by atoms with Crippen LogP contribution in [0.5, 0.6) is 11.5 Å². The summed E-state index contributed by atoms with van der Waals surface area (Å²) in [7, 11) is 1.95. The minimum absolute atomic E-state index is 0. The number of rotatable bonds is 4. The molecule has 0 radical (unpaired) electrons. The molecule has 0 spiro atoms. The maximum Gasteiger partial charge on any atom is 0.257 e. The third-order valence-electron chi connectivity index (χ3n) is 4.21. The van der Waals surface area contributed by atoms with Gasteiger partial charge >= 0.3 is 0 Å². The Morgan fingerprint density at radius 2 is 1.83 bits per heavy atom. The van der Waals surface area contributed by atoms with Gasteiger partial charge in [0.15, 0.2) is 0 Å². The van der Waals surface area contributed by atoms with Crippen LogP contribution in [-0.4, -0.2) is 37.0 Å². The molecule has 24 heavy (non-hydrogen) atoms. The second kappa shape index (κ2) is 8.71. The number of halogens is 1. The fraction of sp³-hybridized carbons (Fsp3) is 0.316. The first-order valence-corrected chi connectivity index (χ1v) is 8.06. The van der Waals surface area contributed by atoms with E-state index < -0.39 is 0 Å². The second-order valence-electron chi connectivity index (χ2n) is 5.79. The molecule has 1 aliphatic heterocycles. The van der Waals surface area contributed by atoms with Crippen LogP contribution < -0.4 is 10.1 Å². The Kier molecular flexibility index (Phi) is 6.64. The SMILES string of the molecule is CNC1CCCN(C(=O)c2ccccc2Oc2ccccc2)C1.Cl. The molecule has 1 saturated heterocycles. The lowest BCUT2D eigenvalue weighted by atomic mass is 10.0. The zero-order valence-electron chi connectivity index (χ0n) is 13.8. The van der Waals surface area contributed by atoms with Crippen molar-refractivity contribution in [3.8, 4) is 11.5 Å². The van der Waals surface area contributed by atoms with Gasteiger partial charge in [-0.2, -0.15) is 0 Å². The van der Waals surface area contributed by atoms with Crippen LogP contribution in [0.4, 0.5) is 0 Å². The first-order chi connectivity index (χ1) is 11.3. The van der Waals surface area contributed by atoms with Gasteiger partial charge < -0.3 is 15.0 Å². The summed E-state index contributed by atoms with van der Waals surface area (Å²) in [5.74, 6) is 1.38. The Bertz CT molecular complexity index is 663. The molecule has 0 bridgehead atoms. The van der Waals surface area contributed by atoms with Gasteiger partial charge in [0.05, 0.1) is 5.56 Å². The normalized spacial score (nSPS) is 17.0. The number of carbonyl (C=O) groups is 1. The van der Waals surface area contributed by atoms with Gasteiger partial charge in [-0.3, -0.25) is 4.79 Å². The van der Waals surface area contributed by atoms with Gasteiger partial charge in [0.25, 0.3) is 5.91 Å². The summed E-state index contributed by atoms with van der Waals surface area (Å²) in [6, 6.07) is 17.4. The number of hydrogen-bond acceptors (Lipinski definition) is 3. The largest absolute Gasteiger partial charge is 0.457 e. The third-order valence-corrected chi connectivity index (χ3v) is 4.21. The van der Waals surface area contributed by atoms with Gasteiger partial charge in [-0.05, 0) is 44.2 Å². The van der Waals surface area contributed by atoms with Crippen LogP contribution in [0.2, 0.25) is 0 Å². The van der Waals surface area contributed by atoms with Crippen molar-refractivity contribution in [2.45, 2.75) is 18.9 Å². The summed E-state index contributed by atoms with van der Waals surface area (Å²) in [5, 5.41) is 3.27. The predicted molar refractivity (Wildman–Crippen MR) is 98.2 cm³/mol. The second-order valence-corrected chi connectivity index (χ2v) is 5.79. The van der Waals surface area contributed by atoms with E-state index in [1.54, 1.807) is 0 Å². The maximum absolute atomic E-state index is 12.9. The molecule has 0 saturated carbocycles. The lowest BCUT2D eigenvalue weighted by molar-refractivity contribution is 0.0695. The van der Waals surface area contributed by atoms with Crippen molar-refractivity contribution in [1.29, 1.82) is 0 Å². The molecule has 2 aromatic rings. The van der Waals surface area contributed by atoms with E-state index in [0.717, 1.165) is 31.7 Å². The van der Waals surface area contributed by atoms with E-state index in [1.165, 1.54) is 0 Å². The van der Waals surface area contributed by atoms with E-state index in [-0.39, 0.29) is 18.3 Å². The number of nitrogens with zero attached hydrogens (tertiary/aromatic N) is 1. The fourth-order valence-electron chi connectivity index (χ4n) is 2.92. The predicted octanol–water partition coefficient (Wildman–Crippen LogP) is 3.72. The molecule has 1 heterocycles. The molecule has 0 aliphatic carbocycles. The summed E-state index contributed by atoms with van der Waals surface area (Å²) < 4.78 is 5.91. The Morgan fingerprint density at radius 1 is 1.12 bits per heavy atom. The lowest BCUT2D eigenvalue weighted by Gasteiger charge is -2.33. The van der Waals surface area contributed by atoms with Gasteiger partial charge in [-0.1, -0.05) is 30.3 Å². The summed E-state index contributed by atoms with van der Waals surface area (Å²) >= 11 is 0. The van der Waals surface area contributed by atoms with E-state index >= 15 is 0 Å². The van der Waals surface area contributed by atoms with Crippen LogP contribution >= 0.6 is 12.4 Å². The molecule has 1 fully saturated rings. The third kappa shape index (κ3) is 4.28.